The van der Waals surface area contributed by atoms with Crippen LogP contribution in [-0.4, -0.2) is 16.1 Å². The quantitative estimate of drug-likeness (QED) is 0.857. The van der Waals surface area contributed by atoms with E-state index >= 15 is 0 Å². The SMILES string of the molecule is CCNC(c1snnc1CC)C1CCCCC1CC. The maximum Gasteiger partial charge on any atom is 0.0801 e. The molecule has 3 nitrogen and oxygen atoms in total. The molecule has 1 heterocycles. The molecule has 1 aliphatic rings. The van der Waals surface area contributed by atoms with E-state index in [2.05, 4.69) is 35.7 Å². The summed E-state index contributed by atoms with van der Waals surface area (Å²) in [4.78, 5) is 1.40. The summed E-state index contributed by atoms with van der Waals surface area (Å²) in [6.07, 6.45) is 7.86. The Bertz CT molecular complexity index is 377. The normalized spacial score (nSPS) is 25.4. The van der Waals surface area contributed by atoms with Gasteiger partial charge in [0.25, 0.3) is 0 Å². The molecule has 0 saturated heterocycles. The van der Waals surface area contributed by atoms with Crippen LogP contribution in [0.2, 0.25) is 0 Å². The second kappa shape index (κ2) is 7.34. The highest BCUT2D eigenvalue weighted by molar-refractivity contribution is 7.05. The number of hydrogen-bond donors (Lipinski definition) is 1. The lowest BCUT2D eigenvalue weighted by atomic mass is 9.73. The predicted octanol–water partition coefficient (Wildman–Crippen LogP) is 3.97. The van der Waals surface area contributed by atoms with Crippen molar-refractivity contribution in [3.05, 3.63) is 10.6 Å². The third-order valence-corrected chi connectivity index (χ3v) is 5.40. The minimum atomic E-state index is 0.477. The zero-order valence-corrected chi connectivity index (χ0v) is 13.3. The topological polar surface area (TPSA) is 37.8 Å². The molecular weight excluding hydrogens is 254 g/mol. The first-order valence-corrected chi connectivity index (χ1v) is 8.63. The Kier molecular flexibility index (Phi) is 5.76. The highest BCUT2D eigenvalue weighted by atomic mass is 32.1. The molecule has 0 aliphatic heterocycles. The number of nitrogens with zero attached hydrogens (tertiary/aromatic N) is 2. The Morgan fingerprint density at radius 3 is 2.74 bits per heavy atom. The summed E-state index contributed by atoms with van der Waals surface area (Å²) in [5.74, 6) is 1.64. The van der Waals surface area contributed by atoms with E-state index in [0.29, 0.717) is 6.04 Å². The van der Waals surface area contributed by atoms with E-state index in [1.165, 1.54) is 42.7 Å². The fourth-order valence-corrected chi connectivity index (χ4v) is 4.43. The van der Waals surface area contributed by atoms with E-state index in [1.807, 2.05) is 0 Å². The number of aryl methyl sites for hydroxylation is 1. The van der Waals surface area contributed by atoms with Crippen LogP contribution in [0.1, 0.15) is 69.5 Å². The molecule has 1 saturated carbocycles. The smallest absolute Gasteiger partial charge is 0.0801 e. The van der Waals surface area contributed by atoms with Gasteiger partial charge in [0.2, 0.25) is 0 Å². The maximum atomic E-state index is 4.31. The van der Waals surface area contributed by atoms with Crippen molar-refractivity contribution in [2.45, 2.75) is 65.3 Å². The molecule has 0 amide bonds. The molecule has 1 N–H and O–H groups in total. The van der Waals surface area contributed by atoms with Crippen LogP contribution in [-0.2, 0) is 6.42 Å². The van der Waals surface area contributed by atoms with Gasteiger partial charge in [0, 0.05) is 6.04 Å². The van der Waals surface area contributed by atoms with Crippen molar-refractivity contribution in [3.8, 4) is 0 Å². The Hall–Kier alpha value is -0.480. The predicted molar refractivity (Wildman–Crippen MR) is 81.4 cm³/mol. The molecule has 108 valence electrons. The van der Waals surface area contributed by atoms with Crippen LogP contribution >= 0.6 is 11.5 Å². The van der Waals surface area contributed by atoms with Gasteiger partial charge >= 0.3 is 0 Å². The van der Waals surface area contributed by atoms with Crippen molar-refractivity contribution in [1.82, 2.24) is 14.9 Å². The van der Waals surface area contributed by atoms with Crippen LogP contribution in [0.3, 0.4) is 0 Å². The summed E-state index contributed by atoms with van der Waals surface area (Å²) in [6, 6.07) is 0.477. The molecule has 2 rings (SSSR count). The van der Waals surface area contributed by atoms with Gasteiger partial charge in [-0.15, -0.1) is 5.10 Å². The lowest BCUT2D eigenvalue weighted by molar-refractivity contribution is 0.178. The minimum Gasteiger partial charge on any atom is -0.309 e. The van der Waals surface area contributed by atoms with Gasteiger partial charge in [0.05, 0.1) is 10.6 Å². The van der Waals surface area contributed by atoms with E-state index in [9.17, 15) is 0 Å². The summed E-state index contributed by atoms with van der Waals surface area (Å²) in [6.45, 7) is 7.76. The van der Waals surface area contributed by atoms with Crippen molar-refractivity contribution < 1.29 is 0 Å². The molecule has 0 spiro atoms. The van der Waals surface area contributed by atoms with Crippen molar-refractivity contribution in [2.24, 2.45) is 11.8 Å². The van der Waals surface area contributed by atoms with Gasteiger partial charge in [-0.3, -0.25) is 0 Å². The molecule has 3 unspecified atom stereocenters. The summed E-state index contributed by atoms with van der Waals surface area (Å²) in [5.41, 5.74) is 1.20. The minimum absolute atomic E-state index is 0.477. The molecule has 0 bridgehead atoms. The van der Waals surface area contributed by atoms with Crippen molar-refractivity contribution in [1.29, 1.82) is 0 Å². The van der Waals surface area contributed by atoms with Gasteiger partial charge in [-0.05, 0) is 42.8 Å². The molecule has 4 heteroatoms. The Labute approximate surface area is 121 Å². The summed E-state index contributed by atoms with van der Waals surface area (Å²) < 4.78 is 4.19. The van der Waals surface area contributed by atoms with Crippen LogP contribution in [0.15, 0.2) is 0 Å². The number of aromatic nitrogens is 2. The van der Waals surface area contributed by atoms with Crippen molar-refractivity contribution in [2.75, 3.05) is 6.54 Å². The largest absolute Gasteiger partial charge is 0.309 e. The monoisotopic (exact) mass is 281 g/mol. The van der Waals surface area contributed by atoms with E-state index in [4.69, 9.17) is 0 Å². The van der Waals surface area contributed by atoms with Gasteiger partial charge < -0.3 is 5.32 Å². The molecular formula is C15H27N3S. The van der Waals surface area contributed by atoms with Crippen molar-refractivity contribution >= 4 is 11.5 Å². The highest BCUT2D eigenvalue weighted by Gasteiger charge is 2.33. The molecule has 1 fully saturated rings. The van der Waals surface area contributed by atoms with Gasteiger partial charge in [0.1, 0.15) is 0 Å². The zero-order valence-electron chi connectivity index (χ0n) is 12.5. The highest BCUT2D eigenvalue weighted by Crippen LogP contribution is 2.41. The van der Waals surface area contributed by atoms with Crippen LogP contribution in [0.25, 0.3) is 0 Å². The number of rotatable bonds is 6. The number of nitrogens with one attached hydrogen (secondary N) is 1. The van der Waals surface area contributed by atoms with Crippen LogP contribution in [0.4, 0.5) is 0 Å². The number of hydrogen-bond acceptors (Lipinski definition) is 4. The van der Waals surface area contributed by atoms with Gasteiger partial charge in [-0.2, -0.15) is 0 Å². The molecule has 0 radical (unpaired) electrons. The third-order valence-electron chi connectivity index (χ3n) is 4.55. The molecule has 1 aromatic rings. The van der Waals surface area contributed by atoms with E-state index in [1.54, 1.807) is 11.5 Å². The first kappa shape index (κ1) is 14.9. The van der Waals surface area contributed by atoms with Gasteiger partial charge in [0.15, 0.2) is 0 Å². The fourth-order valence-electron chi connectivity index (χ4n) is 3.54. The Morgan fingerprint density at radius 2 is 2.05 bits per heavy atom. The van der Waals surface area contributed by atoms with E-state index in [-0.39, 0.29) is 0 Å². The van der Waals surface area contributed by atoms with E-state index in [0.717, 1.165) is 24.8 Å². The van der Waals surface area contributed by atoms with Gasteiger partial charge in [-0.25, -0.2) is 0 Å². The summed E-state index contributed by atoms with van der Waals surface area (Å²) in [7, 11) is 0. The van der Waals surface area contributed by atoms with Crippen LogP contribution < -0.4 is 5.32 Å². The van der Waals surface area contributed by atoms with Gasteiger partial charge in [-0.1, -0.05) is 50.9 Å². The average molecular weight is 281 g/mol. The molecule has 19 heavy (non-hydrogen) atoms. The van der Waals surface area contributed by atoms with Crippen LogP contribution in [0.5, 0.6) is 0 Å². The molecule has 0 aromatic carbocycles. The Morgan fingerprint density at radius 1 is 1.26 bits per heavy atom. The summed E-state index contributed by atoms with van der Waals surface area (Å²) in [5, 5.41) is 8.04. The second-order valence-corrected chi connectivity index (χ2v) is 6.38. The molecule has 1 aliphatic carbocycles. The third kappa shape index (κ3) is 3.34. The van der Waals surface area contributed by atoms with E-state index < -0.39 is 0 Å². The lowest BCUT2D eigenvalue weighted by Crippen LogP contribution is -2.34. The zero-order chi connectivity index (χ0) is 13.7. The lowest BCUT2D eigenvalue weighted by Gasteiger charge is -2.37. The second-order valence-electron chi connectivity index (χ2n) is 5.59. The first-order valence-electron chi connectivity index (χ1n) is 7.86. The fraction of sp³-hybridized carbons (Fsp3) is 0.867. The van der Waals surface area contributed by atoms with Crippen LogP contribution in [0, 0.1) is 11.8 Å². The average Bonchev–Trinajstić information content (AvgIpc) is 2.93. The molecule has 3 atom stereocenters. The maximum absolute atomic E-state index is 4.31. The molecule has 1 aromatic heterocycles. The standard InChI is InChI=1S/C15H27N3S/c1-4-11-9-7-8-10-12(11)14(16-6-3)15-13(5-2)17-18-19-15/h11-12,14,16H,4-10H2,1-3H3. The van der Waals surface area contributed by atoms with Crippen molar-refractivity contribution in [3.63, 3.8) is 0 Å². The Balaban J connectivity index is 2.23. The summed E-state index contributed by atoms with van der Waals surface area (Å²) >= 11 is 1.60. The first-order chi connectivity index (χ1) is 9.31.